The lowest BCUT2D eigenvalue weighted by molar-refractivity contribution is -0.295. The number of benzene rings is 1. The second kappa shape index (κ2) is 5.10. The summed E-state index contributed by atoms with van der Waals surface area (Å²) in [6.07, 6.45) is 5.01. The minimum absolute atomic E-state index is 0.191. The van der Waals surface area contributed by atoms with Gasteiger partial charge < -0.3 is 0 Å². The molecule has 0 bridgehead atoms. The maximum Gasteiger partial charge on any atom is 0.0996 e. The van der Waals surface area contributed by atoms with Crippen LogP contribution in [-0.2, 0) is 16.2 Å². The van der Waals surface area contributed by atoms with Gasteiger partial charge in [-0.1, -0.05) is 36.4 Å². The summed E-state index contributed by atoms with van der Waals surface area (Å²) in [5, 5.41) is 0. The molecule has 2 nitrogen and oxygen atoms in total. The number of hydrogen-bond acceptors (Lipinski definition) is 2. The van der Waals surface area contributed by atoms with Crippen molar-refractivity contribution >= 4 is 0 Å². The van der Waals surface area contributed by atoms with E-state index in [0.717, 1.165) is 19.3 Å². The summed E-state index contributed by atoms with van der Waals surface area (Å²) in [5.74, 6) is 0. The Bertz CT molecular complexity index is 308. The lowest BCUT2D eigenvalue weighted by Crippen LogP contribution is -2.10. The van der Waals surface area contributed by atoms with Gasteiger partial charge in [0.05, 0.1) is 12.2 Å². The molecule has 1 aromatic carbocycles. The van der Waals surface area contributed by atoms with E-state index in [9.17, 15) is 0 Å². The fourth-order valence-corrected chi connectivity index (χ4v) is 1.84. The van der Waals surface area contributed by atoms with Gasteiger partial charge in [-0.15, -0.1) is 6.58 Å². The molecule has 0 aliphatic carbocycles. The van der Waals surface area contributed by atoms with Crippen LogP contribution < -0.4 is 0 Å². The van der Waals surface area contributed by atoms with Crippen molar-refractivity contribution in [3.63, 3.8) is 0 Å². The van der Waals surface area contributed by atoms with Crippen LogP contribution in [0.4, 0.5) is 0 Å². The van der Waals surface area contributed by atoms with Gasteiger partial charge in [-0.3, -0.25) is 0 Å². The molecule has 2 atom stereocenters. The summed E-state index contributed by atoms with van der Waals surface area (Å²) in [4.78, 5) is 10.5. The zero-order valence-corrected chi connectivity index (χ0v) is 8.76. The molecule has 0 amide bonds. The normalized spacial score (nSPS) is 25.3. The van der Waals surface area contributed by atoms with Crippen molar-refractivity contribution in [2.24, 2.45) is 0 Å². The van der Waals surface area contributed by atoms with Crippen molar-refractivity contribution < 1.29 is 9.78 Å². The highest BCUT2D eigenvalue weighted by atomic mass is 17.2. The van der Waals surface area contributed by atoms with Crippen LogP contribution in [0.15, 0.2) is 43.0 Å². The summed E-state index contributed by atoms with van der Waals surface area (Å²) in [6, 6.07) is 10.4. The van der Waals surface area contributed by atoms with Crippen molar-refractivity contribution in [1.82, 2.24) is 0 Å². The predicted molar refractivity (Wildman–Crippen MR) is 59.3 cm³/mol. The highest BCUT2D eigenvalue weighted by Crippen LogP contribution is 2.22. The van der Waals surface area contributed by atoms with E-state index in [1.54, 1.807) is 0 Å². The molecule has 2 heteroatoms. The number of hydrogen-bond donors (Lipinski definition) is 0. The molecule has 1 saturated heterocycles. The molecule has 0 aromatic heterocycles. The molecule has 1 aliphatic rings. The van der Waals surface area contributed by atoms with Crippen LogP contribution in [0.1, 0.15) is 18.4 Å². The summed E-state index contributed by atoms with van der Waals surface area (Å²) in [5.41, 5.74) is 1.30. The molecule has 2 unspecified atom stereocenters. The highest BCUT2D eigenvalue weighted by Gasteiger charge is 2.26. The summed E-state index contributed by atoms with van der Waals surface area (Å²) in [6.45, 7) is 3.70. The average Bonchev–Trinajstić information content (AvgIpc) is 2.68. The lowest BCUT2D eigenvalue weighted by atomic mass is 10.0. The first-order valence-electron chi connectivity index (χ1n) is 5.35. The Balaban J connectivity index is 1.85. The molecule has 0 spiro atoms. The zero-order chi connectivity index (χ0) is 10.5. The fourth-order valence-electron chi connectivity index (χ4n) is 1.84. The smallest absolute Gasteiger partial charge is 0.0996 e. The molecule has 0 N–H and O–H groups in total. The average molecular weight is 204 g/mol. The second-order valence-electron chi connectivity index (χ2n) is 3.89. The molecule has 1 aliphatic heterocycles. The van der Waals surface area contributed by atoms with Crippen molar-refractivity contribution in [2.45, 2.75) is 31.5 Å². The molecule has 1 aromatic rings. The van der Waals surface area contributed by atoms with Gasteiger partial charge in [0.25, 0.3) is 0 Å². The van der Waals surface area contributed by atoms with E-state index < -0.39 is 0 Å². The van der Waals surface area contributed by atoms with E-state index in [1.165, 1.54) is 5.56 Å². The van der Waals surface area contributed by atoms with Crippen molar-refractivity contribution in [3.05, 3.63) is 48.6 Å². The fraction of sp³-hybridized carbons (Fsp3) is 0.385. The third-order valence-corrected chi connectivity index (χ3v) is 2.59. The van der Waals surface area contributed by atoms with Crippen LogP contribution in [-0.4, -0.2) is 12.2 Å². The molecule has 0 saturated carbocycles. The summed E-state index contributed by atoms with van der Waals surface area (Å²) < 4.78 is 0. The van der Waals surface area contributed by atoms with Gasteiger partial charge in [0.2, 0.25) is 0 Å². The topological polar surface area (TPSA) is 18.5 Å². The van der Waals surface area contributed by atoms with Crippen LogP contribution in [0.3, 0.4) is 0 Å². The predicted octanol–water partition coefficient (Wildman–Crippen LogP) is 2.89. The molecule has 15 heavy (non-hydrogen) atoms. The minimum Gasteiger partial charge on any atom is -0.233 e. The van der Waals surface area contributed by atoms with E-state index in [-0.39, 0.29) is 12.2 Å². The van der Waals surface area contributed by atoms with Crippen molar-refractivity contribution in [1.29, 1.82) is 0 Å². The molecule has 1 heterocycles. The standard InChI is InChI=1S/C13H16O2/c1-2-6-12-10-13(15-14-12)9-11-7-4-3-5-8-11/h2-5,7-8,12-13H,1,6,9-10H2. The Kier molecular flexibility index (Phi) is 3.54. The maximum atomic E-state index is 5.27. The monoisotopic (exact) mass is 204 g/mol. The Hall–Kier alpha value is -1.12. The molecule has 2 rings (SSSR count). The van der Waals surface area contributed by atoms with E-state index >= 15 is 0 Å². The van der Waals surface area contributed by atoms with Gasteiger partial charge in [-0.05, 0) is 12.0 Å². The molecular formula is C13H16O2. The number of rotatable bonds is 4. The Labute approximate surface area is 90.4 Å². The highest BCUT2D eigenvalue weighted by molar-refractivity contribution is 5.15. The van der Waals surface area contributed by atoms with Crippen molar-refractivity contribution in [3.8, 4) is 0 Å². The van der Waals surface area contributed by atoms with Gasteiger partial charge >= 0.3 is 0 Å². The van der Waals surface area contributed by atoms with Crippen LogP contribution in [0.2, 0.25) is 0 Å². The van der Waals surface area contributed by atoms with Gasteiger partial charge in [0, 0.05) is 12.8 Å². The third kappa shape index (κ3) is 2.91. The second-order valence-corrected chi connectivity index (χ2v) is 3.89. The first-order chi connectivity index (χ1) is 7.38. The lowest BCUT2D eigenvalue weighted by Gasteiger charge is -2.05. The van der Waals surface area contributed by atoms with Crippen LogP contribution >= 0.6 is 0 Å². The van der Waals surface area contributed by atoms with Crippen LogP contribution in [0.5, 0.6) is 0 Å². The van der Waals surface area contributed by atoms with E-state index in [4.69, 9.17) is 9.78 Å². The minimum atomic E-state index is 0.191. The Morgan fingerprint density at radius 1 is 1.20 bits per heavy atom. The molecular weight excluding hydrogens is 188 g/mol. The van der Waals surface area contributed by atoms with Crippen molar-refractivity contribution in [2.75, 3.05) is 0 Å². The largest absolute Gasteiger partial charge is 0.233 e. The Morgan fingerprint density at radius 3 is 2.67 bits per heavy atom. The summed E-state index contributed by atoms with van der Waals surface area (Å²) >= 11 is 0. The molecule has 80 valence electrons. The molecule has 0 radical (unpaired) electrons. The first kappa shape index (κ1) is 10.4. The van der Waals surface area contributed by atoms with Gasteiger partial charge in [0.15, 0.2) is 0 Å². The van der Waals surface area contributed by atoms with Gasteiger partial charge in [0.1, 0.15) is 0 Å². The van der Waals surface area contributed by atoms with E-state index in [0.29, 0.717) is 0 Å². The van der Waals surface area contributed by atoms with E-state index in [1.807, 2.05) is 24.3 Å². The zero-order valence-electron chi connectivity index (χ0n) is 8.76. The quantitative estimate of drug-likeness (QED) is 0.554. The van der Waals surface area contributed by atoms with Gasteiger partial charge in [-0.2, -0.15) is 0 Å². The van der Waals surface area contributed by atoms with Crippen LogP contribution in [0.25, 0.3) is 0 Å². The molecule has 1 fully saturated rings. The SMILES string of the molecule is C=CCC1CC(Cc2ccccc2)OO1. The first-order valence-corrected chi connectivity index (χ1v) is 5.35. The Morgan fingerprint density at radius 2 is 1.93 bits per heavy atom. The third-order valence-electron chi connectivity index (χ3n) is 2.59. The van der Waals surface area contributed by atoms with Crippen LogP contribution in [0, 0.1) is 0 Å². The maximum absolute atomic E-state index is 5.27. The van der Waals surface area contributed by atoms with E-state index in [2.05, 4.69) is 18.7 Å². The summed E-state index contributed by atoms with van der Waals surface area (Å²) in [7, 11) is 0. The van der Waals surface area contributed by atoms with Gasteiger partial charge in [-0.25, -0.2) is 9.78 Å².